The molecule has 0 aromatic rings. The average molecular weight is 308 g/mol. The summed E-state index contributed by atoms with van der Waals surface area (Å²) in [6, 6.07) is 0. The second-order valence-electron chi connectivity index (χ2n) is 5.97. The highest BCUT2D eigenvalue weighted by Crippen LogP contribution is 2.41. The van der Waals surface area contributed by atoms with E-state index in [-0.39, 0.29) is 18.7 Å². The Balaban J connectivity index is 2.08. The van der Waals surface area contributed by atoms with Gasteiger partial charge in [-0.25, -0.2) is 9.38 Å². The monoisotopic (exact) mass is 308 g/mol. The molecule has 1 aliphatic carbocycles. The largest absolute Gasteiger partial charge is 0.489 e. The highest BCUT2D eigenvalue weighted by molar-refractivity contribution is 5.81. The molecular formula is C17H25FN2O2. The average Bonchev–Trinajstić information content (AvgIpc) is 2.86. The van der Waals surface area contributed by atoms with E-state index in [0.29, 0.717) is 11.9 Å². The van der Waals surface area contributed by atoms with E-state index in [1.807, 2.05) is 13.0 Å². The molecule has 0 radical (unpaired) electrons. The molecule has 5 heteroatoms. The zero-order valence-electron chi connectivity index (χ0n) is 13.6. The van der Waals surface area contributed by atoms with E-state index in [1.165, 1.54) is 0 Å². The summed E-state index contributed by atoms with van der Waals surface area (Å²) in [6.45, 7) is 6.49. The molecule has 0 spiro atoms. The second kappa shape index (κ2) is 7.09. The number of fused-ring (bicyclic) bond motifs is 1. The lowest BCUT2D eigenvalue weighted by Crippen LogP contribution is -2.26. The molecular weight excluding hydrogens is 283 g/mol. The van der Waals surface area contributed by atoms with Gasteiger partial charge in [-0.15, -0.1) is 0 Å². The zero-order chi connectivity index (χ0) is 16.2. The van der Waals surface area contributed by atoms with Crippen molar-refractivity contribution in [3.8, 4) is 0 Å². The van der Waals surface area contributed by atoms with Crippen molar-refractivity contribution in [2.24, 2.45) is 10.7 Å². The predicted molar refractivity (Wildman–Crippen MR) is 86.0 cm³/mol. The number of nitrogens with zero attached hydrogens (tertiary/aromatic N) is 1. The van der Waals surface area contributed by atoms with Gasteiger partial charge in [0.2, 0.25) is 0 Å². The van der Waals surface area contributed by atoms with Gasteiger partial charge < -0.3 is 15.2 Å². The van der Waals surface area contributed by atoms with E-state index in [1.54, 1.807) is 0 Å². The van der Waals surface area contributed by atoms with Crippen LogP contribution in [0.1, 0.15) is 46.5 Å². The van der Waals surface area contributed by atoms with Crippen LogP contribution in [0, 0.1) is 0 Å². The molecule has 2 rings (SSSR count). The maximum Gasteiger partial charge on any atom is 0.190 e. The SMILES string of the molecule is CCCCC1=NC2(C)CC=C(OC/C(=C/F)CN)C(C)=C2O1. The van der Waals surface area contributed by atoms with Crippen LogP contribution in [0.25, 0.3) is 0 Å². The number of nitrogens with two attached hydrogens (primary N) is 1. The van der Waals surface area contributed by atoms with E-state index in [2.05, 4.69) is 13.8 Å². The Morgan fingerprint density at radius 1 is 1.59 bits per heavy atom. The highest BCUT2D eigenvalue weighted by atomic mass is 19.1. The number of rotatable bonds is 7. The van der Waals surface area contributed by atoms with E-state index >= 15 is 0 Å². The van der Waals surface area contributed by atoms with Crippen molar-refractivity contribution in [1.29, 1.82) is 0 Å². The Kier molecular flexibility index (Phi) is 5.40. The maximum absolute atomic E-state index is 12.6. The van der Waals surface area contributed by atoms with Crippen molar-refractivity contribution in [2.45, 2.75) is 52.0 Å². The van der Waals surface area contributed by atoms with Gasteiger partial charge in [-0.05, 0) is 26.3 Å². The van der Waals surface area contributed by atoms with Crippen LogP contribution in [0.5, 0.6) is 0 Å². The number of allylic oxidation sites excluding steroid dienone is 1. The molecule has 0 aromatic carbocycles. The normalized spacial score (nSPS) is 24.7. The third kappa shape index (κ3) is 3.40. The fourth-order valence-corrected chi connectivity index (χ4v) is 2.66. The maximum atomic E-state index is 12.6. The summed E-state index contributed by atoms with van der Waals surface area (Å²) in [5.41, 5.74) is 6.47. The standard InChI is InChI=1S/C17H25FN2O2/c1-4-5-6-15-20-17(3)8-7-14(12(2)16(17)22-15)21-11-13(9-18)10-19/h7,9H,4-6,8,10-11,19H2,1-3H3/b13-9+. The summed E-state index contributed by atoms with van der Waals surface area (Å²) in [5, 5.41) is 0. The second-order valence-corrected chi connectivity index (χ2v) is 5.97. The number of ether oxygens (including phenoxy) is 2. The summed E-state index contributed by atoms with van der Waals surface area (Å²) in [5.74, 6) is 2.39. The van der Waals surface area contributed by atoms with Gasteiger partial charge in [0.05, 0.1) is 6.33 Å². The van der Waals surface area contributed by atoms with Crippen molar-refractivity contribution in [1.82, 2.24) is 0 Å². The lowest BCUT2D eigenvalue weighted by atomic mass is 9.88. The first-order valence-corrected chi connectivity index (χ1v) is 7.83. The van der Waals surface area contributed by atoms with Crippen molar-refractivity contribution >= 4 is 5.90 Å². The number of hydrogen-bond acceptors (Lipinski definition) is 4. The van der Waals surface area contributed by atoms with Gasteiger partial charge in [-0.2, -0.15) is 0 Å². The molecule has 2 N–H and O–H groups in total. The van der Waals surface area contributed by atoms with Gasteiger partial charge in [0.15, 0.2) is 5.90 Å². The molecule has 0 aromatic heterocycles. The highest BCUT2D eigenvalue weighted by Gasteiger charge is 2.41. The third-order valence-electron chi connectivity index (χ3n) is 4.05. The Bertz CT molecular complexity index is 549. The molecule has 0 amide bonds. The molecule has 0 saturated carbocycles. The van der Waals surface area contributed by atoms with Crippen LogP contribution >= 0.6 is 0 Å². The van der Waals surface area contributed by atoms with Crippen LogP contribution in [0.3, 0.4) is 0 Å². The molecule has 2 aliphatic rings. The molecule has 1 aliphatic heterocycles. The topological polar surface area (TPSA) is 56.8 Å². The minimum atomic E-state index is -0.327. The summed E-state index contributed by atoms with van der Waals surface area (Å²) in [6.07, 6.45) is 6.28. The Labute approximate surface area is 131 Å². The van der Waals surface area contributed by atoms with E-state index in [4.69, 9.17) is 20.2 Å². The van der Waals surface area contributed by atoms with Crippen LogP contribution in [0.4, 0.5) is 4.39 Å². The van der Waals surface area contributed by atoms with Crippen molar-refractivity contribution in [3.63, 3.8) is 0 Å². The first kappa shape index (κ1) is 16.7. The molecule has 122 valence electrons. The van der Waals surface area contributed by atoms with E-state index < -0.39 is 0 Å². The number of halogens is 1. The van der Waals surface area contributed by atoms with Crippen molar-refractivity contribution in [2.75, 3.05) is 13.2 Å². The lowest BCUT2D eigenvalue weighted by Gasteiger charge is -2.27. The van der Waals surface area contributed by atoms with Gasteiger partial charge in [0.25, 0.3) is 0 Å². The Morgan fingerprint density at radius 3 is 3.00 bits per heavy atom. The molecule has 1 atom stereocenters. The summed E-state index contributed by atoms with van der Waals surface area (Å²) >= 11 is 0. The number of hydrogen-bond donors (Lipinski definition) is 1. The molecule has 4 nitrogen and oxygen atoms in total. The van der Waals surface area contributed by atoms with Gasteiger partial charge in [0.1, 0.15) is 23.7 Å². The number of aliphatic imine (C=N–C) groups is 1. The number of unbranched alkanes of at least 4 members (excludes halogenated alkanes) is 1. The first-order valence-electron chi connectivity index (χ1n) is 7.83. The summed E-state index contributed by atoms with van der Waals surface area (Å²) < 4.78 is 24.2. The Morgan fingerprint density at radius 2 is 2.36 bits per heavy atom. The van der Waals surface area contributed by atoms with Crippen molar-refractivity contribution in [3.05, 3.63) is 35.1 Å². The van der Waals surface area contributed by atoms with Crippen molar-refractivity contribution < 1.29 is 13.9 Å². The van der Waals surface area contributed by atoms with Crippen LogP contribution in [-0.2, 0) is 9.47 Å². The van der Waals surface area contributed by atoms with Gasteiger partial charge in [-0.3, -0.25) is 0 Å². The minimum absolute atomic E-state index is 0.151. The minimum Gasteiger partial charge on any atom is -0.489 e. The van der Waals surface area contributed by atoms with Crippen LogP contribution in [0.2, 0.25) is 0 Å². The molecule has 1 heterocycles. The molecule has 0 fully saturated rings. The Hall–Kier alpha value is -1.62. The fourth-order valence-electron chi connectivity index (χ4n) is 2.66. The van der Waals surface area contributed by atoms with Crippen LogP contribution in [-0.4, -0.2) is 24.6 Å². The quantitative estimate of drug-likeness (QED) is 0.779. The van der Waals surface area contributed by atoms with Gasteiger partial charge >= 0.3 is 0 Å². The predicted octanol–water partition coefficient (Wildman–Crippen LogP) is 3.75. The summed E-state index contributed by atoms with van der Waals surface area (Å²) in [4.78, 5) is 4.74. The first-order chi connectivity index (χ1) is 10.5. The van der Waals surface area contributed by atoms with Gasteiger partial charge in [-0.1, -0.05) is 13.3 Å². The molecule has 0 bridgehead atoms. The zero-order valence-corrected chi connectivity index (χ0v) is 13.6. The van der Waals surface area contributed by atoms with Crippen LogP contribution < -0.4 is 5.73 Å². The molecule has 1 unspecified atom stereocenters. The van der Waals surface area contributed by atoms with Gasteiger partial charge in [0, 0.05) is 30.5 Å². The molecule has 22 heavy (non-hydrogen) atoms. The van der Waals surface area contributed by atoms with Crippen LogP contribution in [0.15, 0.2) is 40.1 Å². The smallest absolute Gasteiger partial charge is 0.190 e. The molecule has 0 saturated heterocycles. The lowest BCUT2D eigenvalue weighted by molar-refractivity contribution is 0.231. The summed E-state index contributed by atoms with van der Waals surface area (Å²) in [7, 11) is 0. The third-order valence-corrected chi connectivity index (χ3v) is 4.05. The van der Waals surface area contributed by atoms with E-state index in [0.717, 1.165) is 48.7 Å². The fraction of sp³-hybridized carbons (Fsp3) is 0.588. The van der Waals surface area contributed by atoms with E-state index in [9.17, 15) is 4.39 Å².